The Balaban J connectivity index is 4.15. The minimum absolute atomic E-state index is 0.167. The van der Waals surface area contributed by atoms with Crippen LogP contribution in [-0.4, -0.2) is 59.9 Å². The maximum absolute atomic E-state index is 12.4. The number of rotatable bonds is 33. The highest BCUT2D eigenvalue weighted by molar-refractivity contribution is 7.47. The quantitative estimate of drug-likeness (QED) is 0.0352. The minimum Gasteiger partial charge on any atom is -0.480 e. The van der Waals surface area contributed by atoms with E-state index in [2.05, 4.69) is 11.4 Å². The number of carbonyl (C=O) groups excluding carboxylic acids is 2. The van der Waals surface area contributed by atoms with Crippen molar-refractivity contribution in [2.45, 2.75) is 174 Å². The van der Waals surface area contributed by atoms with Crippen LogP contribution in [-0.2, 0) is 37.5 Å². The van der Waals surface area contributed by atoms with Crippen LogP contribution in [0.3, 0.4) is 0 Å². The van der Waals surface area contributed by atoms with E-state index in [0.717, 1.165) is 32.1 Å². The van der Waals surface area contributed by atoms with Gasteiger partial charge in [-0.15, -0.1) is 0 Å². The first-order chi connectivity index (χ1) is 21.6. The van der Waals surface area contributed by atoms with Crippen LogP contribution in [0.15, 0.2) is 0 Å². The van der Waals surface area contributed by atoms with Gasteiger partial charge in [-0.1, -0.05) is 136 Å². The van der Waals surface area contributed by atoms with Gasteiger partial charge in [0.1, 0.15) is 12.6 Å². The molecule has 0 aromatic rings. The van der Waals surface area contributed by atoms with E-state index in [1.807, 2.05) is 6.92 Å². The Hall–Kier alpha value is -1.52. The summed E-state index contributed by atoms with van der Waals surface area (Å²) in [6.07, 6.45) is 24.2. The van der Waals surface area contributed by atoms with Crippen molar-refractivity contribution < 1.29 is 47.5 Å². The number of nitrogens with two attached hydrogens (primary N) is 1. The van der Waals surface area contributed by atoms with Crippen LogP contribution >= 0.6 is 7.82 Å². The summed E-state index contributed by atoms with van der Waals surface area (Å²) in [4.78, 5) is 45.1. The van der Waals surface area contributed by atoms with Crippen molar-refractivity contribution in [3.63, 3.8) is 0 Å². The molecule has 3 unspecified atom stereocenters. The predicted molar refractivity (Wildman–Crippen MR) is 176 cm³/mol. The van der Waals surface area contributed by atoms with Crippen molar-refractivity contribution in [3.05, 3.63) is 0 Å². The molecule has 0 saturated carbocycles. The number of esters is 2. The normalized spacial score (nSPS) is 14.0. The fraction of sp³-hybridized carbons (Fsp3) is 0.909. The number of carboxylic acid groups (broad SMARTS) is 1. The van der Waals surface area contributed by atoms with E-state index in [-0.39, 0.29) is 19.4 Å². The number of aliphatic carboxylic acids is 1. The van der Waals surface area contributed by atoms with Crippen LogP contribution < -0.4 is 5.73 Å². The van der Waals surface area contributed by atoms with Crippen molar-refractivity contribution in [2.75, 3.05) is 19.8 Å². The zero-order valence-electron chi connectivity index (χ0n) is 28.2. The Labute approximate surface area is 272 Å². The number of phosphoric acid groups is 1. The van der Waals surface area contributed by atoms with Gasteiger partial charge in [0.05, 0.1) is 13.2 Å². The molecule has 0 aromatic carbocycles. The highest BCUT2D eigenvalue weighted by Gasteiger charge is 2.28. The van der Waals surface area contributed by atoms with Crippen LogP contribution in [0.5, 0.6) is 0 Å². The molecule has 0 aromatic heterocycles. The van der Waals surface area contributed by atoms with Crippen LogP contribution in [0.25, 0.3) is 0 Å². The number of hydrogen-bond donors (Lipinski definition) is 3. The smallest absolute Gasteiger partial charge is 0.472 e. The predicted octanol–water partition coefficient (Wildman–Crippen LogP) is 8.00. The lowest BCUT2D eigenvalue weighted by Gasteiger charge is -2.20. The zero-order chi connectivity index (χ0) is 33.6. The third kappa shape index (κ3) is 29.6. The molecule has 0 aliphatic carbocycles. The third-order valence-electron chi connectivity index (χ3n) is 7.61. The van der Waals surface area contributed by atoms with Gasteiger partial charge in [0.15, 0.2) is 6.10 Å². The van der Waals surface area contributed by atoms with Gasteiger partial charge in [-0.05, 0) is 12.8 Å². The SMILES string of the molecule is CCCCCCCCCCCCCCCCCCCCC(=O)OC(COC(=O)CCCCC)COP(=O)(O)OCC(N)C(=O)O. The molecule has 4 N–H and O–H groups in total. The first kappa shape index (κ1) is 43.5. The Morgan fingerprint density at radius 2 is 0.978 bits per heavy atom. The number of carboxylic acids is 1. The summed E-state index contributed by atoms with van der Waals surface area (Å²) in [7, 11) is -4.68. The van der Waals surface area contributed by atoms with Crippen molar-refractivity contribution >= 4 is 25.7 Å². The standard InChI is InChI=1S/C33H64NO10P/c1-3-5-7-8-9-10-11-12-13-14-15-16-17-18-19-20-21-23-25-32(36)44-29(26-41-31(35)24-22-6-4-2)27-42-45(39,40)43-28-30(34)33(37)38/h29-30H,3-28,34H2,1-2H3,(H,37,38)(H,39,40). The second-order valence-electron chi connectivity index (χ2n) is 12.0. The summed E-state index contributed by atoms with van der Waals surface area (Å²) in [5.74, 6) is -2.40. The number of hydrogen-bond acceptors (Lipinski definition) is 9. The van der Waals surface area contributed by atoms with Crippen LogP contribution in [0.1, 0.15) is 162 Å². The average molecular weight is 666 g/mol. The number of phosphoric ester groups is 1. The van der Waals surface area contributed by atoms with Crippen molar-refractivity contribution in [1.82, 2.24) is 0 Å². The molecule has 0 aliphatic heterocycles. The fourth-order valence-electron chi connectivity index (χ4n) is 4.77. The topological polar surface area (TPSA) is 172 Å². The van der Waals surface area contributed by atoms with Crippen LogP contribution in [0, 0.1) is 0 Å². The summed E-state index contributed by atoms with van der Waals surface area (Å²) in [6, 6.07) is -1.51. The summed E-state index contributed by atoms with van der Waals surface area (Å²) in [5, 5.41) is 8.79. The number of carbonyl (C=O) groups is 3. The van der Waals surface area contributed by atoms with Crippen molar-refractivity contribution in [3.8, 4) is 0 Å². The summed E-state index contributed by atoms with van der Waals surface area (Å²) in [6.45, 7) is 2.59. The lowest BCUT2D eigenvalue weighted by atomic mass is 10.0. The lowest BCUT2D eigenvalue weighted by Crippen LogP contribution is -2.34. The first-order valence-corrected chi connectivity index (χ1v) is 19.1. The largest absolute Gasteiger partial charge is 0.480 e. The molecule has 12 heteroatoms. The lowest BCUT2D eigenvalue weighted by molar-refractivity contribution is -0.161. The van der Waals surface area contributed by atoms with Crippen molar-refractivity contribution in [1.29, 1.82) is 0 Å². The molecule has 45 heavy (non-hydrogen) atoms. The van der Waals surface area contributed by atoms with E-state index in [1.54, 1.807) is 0 Å². The minimum atomic E-state index is -4.68. The molecule has 0 fully saturated rings. The molecule has 266 valence electrons. The van der Waals surface area contributed by atoms with Gasteiger partial charge in [0, 0.05) is 12.8 Å². The van der Waals surface area contributed by atoms with Gasteiger partial charge < -0.3 is 25.2 Å². The molecule has 0 spiro atoms. The molecule has 0 rings (SSSR count). The van der Waals surface area contributed by atoms with Gasteiger partial charge >= 0.3 is 25.7 Å². The maximum Gasteiger partial charge on any atom is 0.472 e. The molecule has 3 atom stereocenters. The molecular formula is C33H64NO10P. The Morgan fingerprint density at radius 3 is 1.44 bits per heavy atom. The highest BCUT2D eigenvalue weighted by atomic mass is 31.2. The van der Waals surface area contributed by atoms with E-state index >= 15 is 0 Å². The number of unbranched alkanes of at least 4 members (excludes halogenated alkanes) is 19. The van der Waals surface area contributed by atoms with Gasteiger partial charge in [-0.2, -0.15) is 0 Å². The second-order valence-corrected chi connectivity index (χ2v) is 13.5. The van der Waals surface area contributed by atoms with Crippen LogP contribution in [0.2, 0.25) is 0 Å². The Morgan fingerprint density at radius 1 is 0.600 bits per heavy atom. The van der Waals surface area contributed by atoms with E-state index in [9.17, 15) is 23.8 Å². The Kier molecular flexibility index (Phi) is 28.8. The van der Waals surface area contributed by atoms with Gasteiger partial charge in [0.25, 0.3) is 0 Å². The highest BCUT2D eigenvalue weighted by Crippen LogP contribution is 2.43. The maximum atomic E-state index is 12.4. The monoisotopic (exact) mass is 665 g/mol. The molecule has 11 nitrogen and oxygen atoms in total. The molecule has 0 bridgehead atoms. The first-order valence-electron chi connectivity index (χ1n) is 17.6. The summed E-state index contributed by atoms with van der Waals surface area (Å²) >= 11 is 0. The fourth-order valence-corrected chi connectivity index (χ4v) is 5.55. The van der Waals surface area contributed by atoms with E-state index < -0.39 is 51.1 Å². The third-order valence-corrected chi connectivity index (χ3v) is 8.56. The molecule has 0 saturated heterocycles. The van der Waals surface area contributed by atoms with E-state index in [4.69, 9.17) is 24.8 Å². The molecular weight excluding hydrogens is 601 g/mol. The number of ether oxygens (including phenoxy) is 2. The average Bonchev–Trinajstić information content (AvgIpc) is 3.00. The van der Waals surface area contributed by atoms with Crippen LogP contribution in [0.4, 0.5) is 0 Å². The molecule has 0 amide bonds. The molecule has 0 aliphatic rings. The zero-order valence-corrected chi connectivity index (χ0v) is 29.1. The van der Waals surface area contributed by atoms with Gasteiger partial charge in [0.2, 0.25) is 0 Å². The molecule has 0 radical (unpaired) electrons. The van der Waals surface area contributed by atoms with Gasteiger partial charge in [-0.25, -0.2) is 4.57 Å². The summed E-state index contributed by atoms with van der Waals surface area (Å²) in [5.41, 5.74) is 5.28. The van der Waals surface area contributed by atoms with Gasteiger partial charge in [-0.3, -0.25) is 23.4 Å². The Bertz CT molecular complexity index is 797. The van der Waals surface area contributed by atoms with E-state index in [0.29, 0.717) is 12.8 Å². The van der Waals surface area contributed by atoms with Crippen molar-refractivity contribution in [2.24, 2.45) is 5.73 Å². The summed E-state index contributed by atoms with van der Waals surface area (Å²) < 4.78 is 32.1. The van der Waals surface area contributed by atoms with E-state index in [1.165, 1.54) is 89.9 Å². The second kappa shape index (κ2) is 29.9. The molecule has 0 heterocycles.